The summed E-state index contributed by atoms with van der Waals surface area (Å²) < 4.78 is 0. The van der Waals surface area contributed by atoms with Crippen LogP contribution in [0.4, 0.5) is 0 Å². The number of aliphatic carboxylic acids is 1. The van der Waals surface area contributed by atoms with Crippen LogP contribution in [0, 0.1) is 5.41 Å². The Kier molecular flexibility index (Phi) is 4.93. The van der Waals surface area contributed by atoms with Gasteiger partial charge in [0.15, 0.2) is 0 Å². The number of carboxylic acid groups (broad SMARTS) is 1. The normalized spacial score (nSPS) is 12.3. The lowest BCUT2D eigenvalue weighted by Gasteiger charge is -2.22. The van der Waals surface area contributed by atoms with E-state index in [0.717, 1.165) is 0 Å². The molecule has 0 fully saturated rings. The van der Waals surface area contributed by atoms with Gasteiger partial charge in [0.1, 0.15) is 0 Å². The maximum atomic E-state index is 11.4. The van der Waals surface area contributed by atoms with Crippen molar-refractivity contribution in [3.05, 3.63) is 0 Å². The zero-order valence-corrected chi connectivity index (χ0v) is 10.7. The summed E-state index contributed by atoms with van der Waals surface area (Å²) in [5, 5.41) is 14.5. The van der Waals surface area contributed by atoms with E-state index >= 15 is 0 Å². The molecule has 0 spiro atoms. The monoisotopic (exact) mass is 230 g/mol. The highest BCUT2D eigenvalue weighted by atomic mass is 16.4. The molecule has 3 N–H and O–H groups in total. The molecule has 0 unspecified atom stereocenters. The van der Waals surface area contributed by atoms with Gasteiger partial charge in [0.05, 0.1) is 12.0 Å². The lowest BCUT2D eigenvalue weighted by molar-refractivity contribution is -0.146. The van der Waals surface area contributed by atoms with Gasteiger partial charge in [0.25, 0.3) is 0 Å². The van der Waals surface area contributed by atoms with Crippen LogP contribution < -0.4 is 10.6 Å². The molecule has 0 atom stereocenters. The Bertz CT molecular complexity index is 267. The molecule has 0 radical (unpaired) electrons. The summed E-state index contributed by atoms with van der Waals surface area (Å²) in [6.45, 7) is 9.36. The van der Waals surface area contributed by atoms with Crippen LogP contribution in [0.2, 0.25) is 0 Å². The molecule has 0 saturated heterocycles. The number of hydrogen-bond donors (Lipinski definition) is 3. The van der Waals surface area contributed by atoms with Crippen molar-refractivity contribution in [1.82, 2.24) is 10.6 Å². The average Bonchev–Trinajstić information content (AvgIpc) is 2.10. The maximum Gasteiger partial charge on any atom is 0.310 e. The van der Waals surface area contributed by atoms with E-state index in [1.54, 1.807) is 13.8 Å². The van der Waals surface area contributed by atoms with Gasteiger partial charge >= 0.3 is 5.97 Å². The van der Waals surface area contributed by atoms with E-state index < -0.39 is 11.4 Å². The molecule has 0 rings (SSSR count). The quantitative estimate of drug-likeness (QED) is 0.646. The van der Waals surface area contributed by atoms with Crippen LogP contribution in [-0.2, 0) is 9.59 Å². The molecule has 0 aromatic carbocycles. The van der Waals surface area contributed by atoms with E-state index in [9.17, 15) is 9.59 Å². The first kappa shape index (κ1) is 14.9. The lowest BCUT2D eigenvalue weighted by Crippen LogP contribution is -2.46. The second-order valence-corrected chi connectivity index (χ2v) is 5.57. The lowest BCUT2D eigenvalue weighted by atomic mass is 9.94. The molecule has 1 amide bonds. The molecule has 0 aromatic rings. The highest BCUT2D eigenvalue weighted by Gasteiger charge is 2.27. The number of carbonyl (C=O) groups is 2. The minimum absolute atomic E-state index is 0.125. The SMILES string of the molecule is CC(C)(C)NCC(=O)NCC(C)(C)C(=O)O. The van der Waals surface area contributed by atoms with Gasteiger partial charge in [-0.15, -0.1) is 0 Å². The Hall–Kier alpha value is -1.10. The fraction of sp³-hybridized carbons (Fsp3) is 0.818. The van der Waals surface area contributed by atoms with Gasteiger partial charge < -0.3 is 15.7 Å². The zero-order valence-electron chi connectivity index (χ0n) is 10.7. The third-order valence-corrected chi connectivity index (χ3v) is 2.09. The zero-order chi connectivity index (χ0) is 13.0. The third-order valence-electron chi connectivity index (χ3n) is 2.09. The molecular weight excluding hydrogens is 208 g/mol. The molecule has 5 heteroatoms. The average molecular weight is 230 g/mol. The molecule has 16 heavy (non-hydrogen) atoms. The Balaban J connectivity index is 3.96. The Morgan fingerprint density at radius 2 is 1.62 bits per heavy atom. The second-order valence-electron chi connectivity index (χ2n) is 5.57. The first-order chi connectivity index (χ1) is 7.04. The number of hydrogen-bond acceptors (Lipinski definition) is 3. The van der Waals surface area contributed by atoms with E-state index in [1.165, 1.54) is 0 Å². The van der Waals surface area contributed by atoms with E-state index in [1.807, 2.05) is 20.8 Å². The summed E-state index contributed by atoms with van der Waals surface area (Å²) in [7, 11) is 0. The van der Waals surface area contributed by atoms with Crippen LogP contribution in [0.3, 0.4) is 0 Å². The summed E-state index contributed by atoms with van der Waals surface area (Å²) in [4.78, 5) is 22.2. The summed E-state index contributed by atoms with van der Waals surface area (Å²) in [6.07, 6.45) is 0. The molecule has 0 aliphatic carbocycles. The van der Waals surface area contributed by atoms with Gasteiger partial charge in [0, 0.05) is 12.1 Å². The van der Waals surface area contributed by atoms with E-state index in [0.29, 0.717) is 0 Å². The minimum Gasteiger partial charge on any atom is -0.481 e. The summed E-state index contributed by atoms with van der Waals surface area (Å²) in [5.41, 5.74) is -1.06. The van der Waals surface area contributed by atoms with Crippen LogP contribution in [0.25, 0.3) is 0 Å². The molecule has 0 aliphatic heterocycles. The molecule has 0 aromatic heterocycles. The number of carbonyl (C=O) groups excluding carboxylic acids is 1. The van der Waals surface area contributed by atoms with E-state index in [4.69, 9.17) is 5.11 Å². The van der Waals surface area contributed by atoms with Crippen molar-refractivity contribution in [2.75, 3.05) is 13.1 Å². The molecule has 0 bridgehead atoms. The van der Waals surface area contributed by atoms with Gasteiger partial charge in [0.2, 0.25) is 5.91 Å². The van der Waals surface area contributed by atoms with E-state index in [2.05, 4.69) is 10.6 Å². The highest BCUT2D eigenvalue weighted by Crippen LogP contribution is 2.12. The van der Waals surface area contributed by atoms with Crippen molar-refractivity contribution in [2.45, 2.75) is 40.2 Å². The number of nitrogens with one attached hydrogen (secondary N) is 2. The fourth-order valence-electron chi connectivity index (χ4n) is 0.803. The summed E-state index contributed by atoms with van der Waals surface area (Å²) in [6, 6.07) is 0. The Morgan fingerprint density at radius 1 is 1.12 bits per heavy atom. The fourth-order valence-corrected chi connectivity index (χ4v) is 0.803. The van der Waals surface area contributed by atoms with Gasteiger partial charge in [-0.05, 0) is 34.6 Å². The molecule has 0 heterocycles. The largest absolute Gasteiger partial charge is 0.481 e. The first-order valence-corrected chi connectivity index (χ1v) is 5.30. The second kappa shape index (κ2) is 5.30. The van der Waals surface area contributed by atoms with Gasteiger partial charge in [-0.2, -0.15) is 0 Å². The van der Waals surface area contributed by atoms with Crippen molar-refractivity contribution in [1.29, 1.82) is 0 Å². The topological polar surface area (TPSA) is 78.4 Å². The standard InChI is InChI=1S/C11H22N2O3/c1-10(2,3)13-6-8(14)12-7-11(4,5)9(15)16/h13H,6-7H2,1-5H3,(H,12,14)(H,15,16). The van der Waals surface area contributed by atoms with Crippen LogP contribution in [0.15, 0.2) is 0 Å². The van der Waals surface area contributed by atoms with Crippen molar-refractivity contribution in [2.24, 2.45) is 5.41 Å². The van der Waals surface area contributed by atoms with Crippen molar-refractivity contribution < 1.29 is 14.7 Å². The van der Waals surface area contributed by atoms with Gasteiger partial charge in [-0.1, -0.05) is 0 Å². The minimum atomic E-state index is -0.933. The Morgan fingerprint density at radius 3 is 2.00 bits per heavy atom. The molecular formula is C11H22N2O3. The molecule has 5 nitrogen and oxygen atoms in total. The third kappa shape index (κ3) is 6.40. The predicted octanol–water partition coefficient (Wildman–Crippen LogP) is 0.601. The Labute approximate surface area is 96.6 Å². The molecule has 94 valence electrons. The highest BCUT2D eigenvalue weighted by molar-refractivity contribution is 5.80. The maximum absolute atomic E-state index is 11.4. The smallest absolute Gasteiger partial charge is 0.310 e. The van der Waals surface area contributed by atoms with Crippen molar-refractivity contribution in [3.63, 3.8) is 0 Å². The van der Waals surface area contributed by atoms with Gasteiger partial charge in [-0.3, -0.25) is 9.59 Å². The van der Waals surface area contributed by atoms with Crippen LogP contribution in [0.5, 0.6) is 0 Å². The predicted molar refractivity (Wildman–Crippen MR) is 62.2 cm³/mol. The first-order valence-electron chi connectivity index (χ1n) is 5.30. The van der Waals surface area contributed by atoms with E-state index in [-0.39, 0.29) is 24.5 Å². The van der Waals surface area contributed by atoms with Crippen LogP contribution in [-0.4, -0.2) is 35.6 Å². The number of carboxylic acids is 1. The molecule has 0 saturated carbocycles. The summed E-state index contributed by atoms with van der Waals surface area (Å²) in [5.74, 6) is -1.11. The van der Waals surface area contributed by atoms with Crippen molar-refractivity contribution in [3.8, 4) is 0 Å². The summed E-state index contributed by atoms with van der Waals surface area (Å²) >= 11 is 0. The van der Waals surface area contributed by atoms with Crippen LogP contribution >= 0.6 is 0 Å². The van der Waals surface area contributed by atoms with Crippen LogP contribution in [0.1, 0.15) is 34.6 Å². The molecule has 0 aliphatic rings. The number of rotatable bonds is 5. The number of amides is 1. The van der Waals surface area contributed by atoms with Gasteiger partial charge in [-0.25, -0.2) is 0 Å². The van der Waals surface area contributed by atoms with Crippen molar-refractivity contribution >= 4 is 11.9 Å².